The molecule has 0 N–H and O–H groups in total. The molecule has 1 aliphatic carbocycles. The fraction of sp³-hybridized carbons (Fsp3) is 0.100. The molecule has 0 saturated carbocycles. The van der Waals surface area contributed by atoms with Crippen molar-refractivity contribution in [2.24, 2.45) is 0 Å². The molecule has 0 saturated heterocycles. The van der Waals surface area contributed by atoms with Crippen molar-refractivity contribution in [3.8, 4) is 11.1 Å². The summed E-state index contributed by atoms with van der Waals surface area (Å²) < 4.78 is 0. The maximum Gasteiger partial charge on any atom is 0.149 e. The highest BCUT2D eigenvalue weighted by Gasteiger charge is 2.32. The van der Waals surface area contributed by atoms with E-state index >= 15 is 0 Å². The van der Waals surface area contributed by atoms with Crippen molar-refractivity contribution in [2.45, 2.75) is 11.8 Å². The van der Waals surface area contributed by atoms with Crippen LogP contribution in [-0.2, 0) is 15.0 Å². The second kappa shape index (κ2) is 5.94. The lowest BCUT2D eigenvalue weighted by atomic mass is 9.73. The van der Waals surface area contributed by atoms with Gasteiger partial charge in [-0.2, -0.15) is 0 Å². The predicted molar refractivity (Wildman–Crippen MR) is 87.5 cm³/mol. The number of carbonyl (C=O) groups excluding carboxylic acids is 2. The lowest BCUT2D eigenvalue weighted by molar-refractivity contribution is -0.111. The molecule has 0 bridgehead atoms. The van der Waals surface area contributed by atoms with E-state index < -0.39 is 5.41 Å². The van der Waals surface area contributed by atoms with Gasteiger partial charge in [0.25, 0.3) is 0 Å². The van der Waals surface area contributed by atoms with Crippen LogP contribution in [0.3, 0.4) is 0 Å². The Labute approximate surface area is 129 Å². The summed E-state index contributed by atoms with van der Waals surface area (Å²) in [5.74, 6) is 0. The van der Waals surface area contributed by atoms with Crippen molar-refractivity contribution in [2.75, 3.05) is 0 Å². The summed E-state index contributed by atoms with van der Waals surface area (Å²) in [5.41, 5.74) is 3.00. The maximum absolute atomic E-state index is 11.9. The van der Waals surface area contributed by atoms with Gasteiger partial charge in [0, 0.05) is 5.57 Å². The van der Waals surface area contributed by atoms with Gasteiger partial charge in [-0.3, -0.25) is 4.79 Å². The van der Waals surface area contributed by atoms with E-state index in [1.807, 2.05) is 66.7 Å². The zero-order valence-corrected chi connectivity index (χ0v) is 12.1. The third kappa shape index (κ3) is 2.44. The molecule has 0 radical (unpaired) electrons. The first-order chi connectivity index (χ1) is 10.8. The van der Waals surface area contributed by atoms with Crippen LogP contribution in [0.1, 0.15) is 12.0 Å². The fourth-order valence-electron chi connectivity index (χ4n) is 2.86. The average Bonchev–Trinajstić information content (AvgIpc) is 2.62. The quantitative estimate of drug-likeness (QED) is 0.800. The first-order valence-electron chi connectivity index (χ1n) is 7.25. The zero-order valence-electron chi connectivity index (χ0n) is 12.1. The second-order valence-electron chi connectivity index (χ2n) is 5.43. The average molecular weight is 288 g/mol. The second-order valence-corrected chi connectivity index (χ2v) is 5.43. The molecule has 1 aliphatic rings. The topological polar surface area (TPSA) is 34.1 Å². The first-order valence-corrected chi connectivity index (χ1v) is 7.25. The summed E-state index contributed by atoms with van der Waals surface area (Å²) in [6.07, 6.45) is 7.68. The van der Waals surface area contributed by atoms with Crippen molar-refractivity contribution in [3.63, 3.8) is 0 Å². The Morgan fingerprint density at radius 3 is 2.27 bits per heavy atom. The van der Waals surface area contributed by atoms with E-state index in [9.17, 15) is 9.59 Å². The van der Waals surface area contributed by atoms with Crippen LogP contribution in [0.5, 0.6) is 0 Å². The van der Waals surface area contributed by atoms with Crippen LogP contribution in [0, 0.1) is 0 Å². The monoisotopic (exact) mass is 288 g/mol. The molecule has 0 heterocycles. The Balaban J connectivity index is 2.13. The summed E-state index contributed by atoms with van der Waals surface area (Å²) in [7, 11) is 0. The van der Waals surface area contributed by atoms with Crippen LogP contribution < -0.4 is 0 Å². The van der Waals surface area contributed by atoms with E-state index in [1.54, 1.807) is 6.08 Å². The lowest BCUT2D eigenvalue weighted by Crippen LogP contribution is -2.27. The molecule has 108 valence electrons. The van der Waals surface area contributed by atoms with E-state index in [4.69, 9.17) is 0 Å². The number of benzene rings is 2. The van der Waals surface area contributed by atoms with Gasteiger partial charge in [-0.25, -0.2) is 0 Å². The number of carbonyl (C=O) groups is 2. The van der Waals surface area contributed by atoms with Crippen molar-refractivity contribution in [1.82, 2.24) is 0 Å². The number of rotatable bonds is 4. The number of hydrogen-bond donors (Lipinski definition) is 0. The summed E-state index contributed by atoms with van der Waals surface area (Å²) in [4.78, 5) is 22.8. The van der Waals surface area contributed by atoms with Gasteiger partial charge >= 0.3 is 0 Å². The number of allylic oxidation sites excluding steroid dienone is 4. The Bertz CT molecular complexity index is 756. The molecule has 2 aromatic carbocycles. The van der Waals surface area contributed by atoms with Gasteiger partial charge in [0.2, 0.25) is 0 Å². The van der Waals surface area contributed by atoms with Gasteiger partial charge in [0.15, 0.2) is 0 Å². The molecule has 2 heteroatoms. The molecule has 1 atom stereocenters. The highest BCUT2D eigenvalue weighted by atomic mass is 16.1. The highest BCUT2D eigenvalue weighted by molar-refractivity contribution is 5.84. The van der Waals surface area contributed by atoms with Gasteiger partial charge < -0.3 is 4.79 Å². The molecule has 0 fully saturated rings. The molecule has 22 heavy (non-hydrogen) atoms. The smallest absolute Gasteiger partial charge is 0.149 e. The van der Waals surface area contributed by atoms with E-state index in [-0.39, 0.29) is 0 Å². The molecule has 0 aliphatic heterocycles. The summed E-state index contributed by atoms with van der Waals surface area (Å²) in [6, 6.07) is 18.0. The SMILES string of the molecule is O=CC1=CCC(C=O)(c2ccccc2-c2ccccc2)C=C1. The Kier molecular flexibility index (Phi) is 3.84. The summed E-state index contributed by atoms with van der Waals surface area (Å²) in [5, 5.41) is 0. The molecular weight excluding hydrogens is 272 g/mol. The molecule has 0 aromatic heterocycles. The third-order valence-electron chi connectivity index (χ3n) is 4.11. The van der Waals surface area contributed by atoms with Gasteiger partial charge in [-0.05, 0) is 23.1 Å². The van der Waals surface area contributed by atoms with E-state index in [0.29, 0.717) is 12.0 Å². The highest BCUT2D eigenvalue weighted by Crippen LogP contribution is 2.38. The van der Waals surface area contributed by atoms with E-state index in [0.717, 1.165) is 29.3 Å². The van der Waals surface area contributed by atoms with E-state index in [1.165, 1.54) is 0 Å². The number of hydrogen-bond acceptors (Lipinski definition) is 2. The van der Waals surface area contributed by atoms with Gasteiger partial charge in [-0.15, -0.1) is 0 Å². The van der Waals surface area contributed by atoms with Crippen molar-refractivity contribution < 1.29 is 9.59 Å². The predicted octanol–water partition coefficient (Wildman–Crippen LogP) is 3.88. The minimum atomic E-state index is -0.709. The van der Waals surface area contributed by atoms with Crippen molar-refractivity contribution >= 4 is 12.6 Å². The standard InChI is InChI=1S/C20H16O2/c21-14-16-10-12-20(15-22,13-11-16)19-9-5-4-8-18(19)17-6-2-1-3-7-17/h1-12,14-15H,13H2. The normalized spacial score (nSPS) is 20.3. The maximum atomic E-state index is 11.9. The van der Waals surface area contributed by atoms with Crippen LogP contribution in [0.2, 0.25) is 0 Å². The molecular formula is C20H16O2. The summed E-state index contributed by atoms with van der Waals surface area (Å²) >= 11 is 0. The lowest BCUT2D eigenvalue weighted by Gasteiger charge is -2.28. The zero-order chi connectivity index (χ0) is 15.4. The number of aldehydes is 2. The van der Waals surface area contributed by atoms with Gasteiger partial charge in [0.05, 0.1) is 5.41 Å². The van der Waals surface area contributed by atoms with Crippen molar-refractivity contribution in [1.29, 1.82) is 0 Å². The minimum absolute atomic E-state index is 0.505. The first kappa shape index (κ1) is 14.2. The Morgan fingerprint density at radius 1 is 0.909 bits per heavy atom. The van der Waals surface area contributed by atoms with Crippen LogP contribution in [-0.4, -0.2) is 12.6 Å². The van der Waals surface area contributed by atoms with Crippen molar-refractivity contribution in [3.05, 3.63) is 84.0 Å². The molecule has 1 unspecified atom stereocenters. The van der Waals surface area contributed by atoms with E-state index in [2.05, 4.69) is 0 Å². The molecule has 2 aromatic rings. The molecule has 2 nitrogen and oxygen atoms in total. The van der Waals surface area contributed by atoms with Gasteiger partial charge in [-0.1, -0.05) is 72.8 Å². The Hall–Kier alpha value is -2.74. The third-order valence-corrected chi connectivity index (χ3v) is 4.11. The summed E-state index contributed by atoms with van der Waals surface area (Å²) in [6.45, 7) is 0. The molecule has 3 rings (SSSR count). The Morgan fingerprint density at radius 2 is 1.64 bits per heavy atom. The van der Waals surface area contributed by atoms with Crippen LogP contribution in [0.4, 0.5) is 0 Å². The van der Waals surface area contributed by atoms with Crippen LogP contribution in [0.15, 0.2) is 78.4 Å². The fourth-order valence-corrected chi connectivity index (χ4v) is 2.86. The van der Waals surface area contributed by atoms with Gasteiger partial charge in [0.1, 0.15) is 12.6 Å². The van der Waals surface area contributed by atoms with Crippen LogP contribution in [0.25, 0.3) is 11.1 Å². The molecule has 0 amide bonds. The largest absolute Gasteiger partial charge is 0.302 e. The molecule has 0 spiro atoms. The van der Waals surface area contributed by atoms with Crippen LogP contribution >= 0.6 is 0 Å². The minimum Gasteiger partial charge on any atom is -0.302 e.